The summed E-state index contributed by atoms with van der Waals surface area (Å²) in [5, 5.41) is 3.62. The van der Waals surface area contributed by atoms with Crippen molar-refractivity contribution in [3.8, 4) is 0 Å². The summed E-state index contributed by atoms with van der Waals surface area (Å²) < 4.78 is 0. The van der Waals surface area contributed by atoms with Crippen LogP contribution in [0.1, 0.15) is 52.1 Å². The van der Waals surface area contributed by atoms with Gasteiger partial charge in [0, 0.05) is 12.6 Å². The van der Waals surface area contributed by atoms with Crippen LogP contribution in [0, 0.1) is 5.41 Å². The highest BCUT2D eigenvalue weighted by Gasteiger charge is 2.17. The minimum atomic E-state index is 0.401. The molecule has 0 unspecified atom stereocenters. The normalized spacial score (nSPS) is 13.8. The average Bonchev–Trinajstić information content (AvgIpc) is 2.27. The highest BCUT2D eigenvalue weighted by Crippen LogP contribution is 2.22. The van der Waals surface area contributed by atoms with Crippen LogP contribution in [0.4, 0.5) is 0 Å². The van der Waals surface area contributed by atoms with Gasteiger partial charge in [0.2, 0.25) is 0 Å². The summed E-state index contributed by atoms with van der Waals surface area (Å²) in [6.07, 6.45) is 2.54. The first-order chi connectivity index (χ1) is 7.55. The van der Waals surface area contributed by atoms with Gasteiger partial charge >= 0.3 is 0 Å². The molecule has 16 heavy (non-hydrogen) atoms. The molecule has 0 spiro atoms. The van der Waals surface area contributed by atoms with Crippen LogP contribution >= 0.6 is 0 Å². The molecule has 0 saturated heterocycles. The monoisotopic (exact) mass is 219 g/mol. The Hall–Kier alpha value is -0.820. The van der Waals surface area contributed by atoms with E-state index in [4.69, 9.17) is 0 Å². The minimum absolute atomic E-state index is 0.401. The summed E-state index contributed by atoms with van der Waals surface area (Å²) in [5.74, 6) is 0. The van der Waals surface area contributed by atoms with Gasteiger partial charge in [-0.25, -0.2) is 0 Å². The zero-order chi connectivity index (χ0) is 12.0. The van der Waals surface area contributed by atoms with Gasteiger partial charge in [-0.05, 0) is 24.3 Å². The molecule has 0 aliphatic heterocycles. The molecule has 0 amide bonds. The van der Waals surface area contributed by atoms with E-state index < -0.39 is 0 Å². The van der Waals surface area contributed by atoms with E-state index in [0.717, 1.165) is 6.54 Å². The van der Waals surface area contributed by atoms with Crippen LogP contribution in [-0.2, 0) is 0 Å². The predicted molar refractivity (Wildman–Crippen MR) is 71.5 cm³/mol. The fraction of sp³-hybridized carbons (Fsp3) is 0.600. The molecule has 0 heterocycles. The molecule has 0 aromatic heterocycles. The molecule has 0 fully saturated rings. The van der Waals surface area contributed by atoms with Crippen molar-refractivity contribution >= 4 is 0 Å². The third-order valence-electron chi connectivity index (χ3n) is 3.11. The lowest BCUT2D eigenvalue weighted by Gasteiger charge is -2.27. The van der Waals surface area contributed by atoms with Gasteiger partial charge in [0.1, 0.15) is 0 Å². The minimum Gasteiger partial charge on any atom is -0.310 e. The Balaban J connectivity index is 2.44. The summed E-state index contributed by atoms with van der Waals surface area (Å²) in [7, 11) is 0. The molecule has 0 aliphatic rings. The van der Waals surface area contributed by atoms with Crippen LogP contribution in [0.15, 0.2) is 30.3 Å². The standard InChI is InChI=1S/C15H25N/c1-5-11-15(3,4)12-16-13(2)14-9-7-6-8-10-14/h6-10,13,16H,5,11-12H2,1-4H3/t13-/m1/s1. The molecular weight excluding hydrogens is 194 g/mol. The Morgan fingerprint density at radius 1 is 1.19 bits per heavy atom. The second kappa shape index (κ2) is 6.05. The van der Waals surface area contributed by atoms with E-state index in [9.17, 15) is 0 Å². The van der Waals surface area contributed by atoms with E-state index in [1.54, 1.807) is 0 Å². The zero-order valence-corrected chi connectivity index (χ0v) is 11.1. The van der Waals surface area contributed by atoms with Crippen LogP contribution in [0.2, 0.25) is 0 Å². The SMILES string of the molecule is CCCC(C)(C)CN[C@H](C)c1ccccc1. The number of hydrogen-bond acceptors (Lipinski definition) is 1. The van der Waals surface area contributed by atoms with Crippen molar-refractivity contribution in [2.45, 2.75) is 46.6 Å². The molecule has 1 rings (SSSR count). The van der Waals surface area contributed by atoms with Crippen molar-refractivity contribution in [1.82, 2.24) is 5.32 Å². The zero-order valence-electron chi connectivity index (χ0n) is 11.1. The van der Waals surface area contributed by atoms with E-state index in [1.165, 1.54) is 18.4 Å². The molecule has 1 N–H and O–H groups in total. The summed E-state index contributed by atoms with van der Waals surface area (Å²) in [5.41, 5.74) is 1.77. The predicted octanol–water partition coefficient (Wildman–Crippen LogP) is 4.16. The van der Waals surface area contributed by atoms with Crippen molar-refractivity contribution in [2.75, 3.05) is 6.54 Å². The lowest BCUT2D eigenvalue weighted by atomic mass is 9.87. The van der Waals surface area contributed by atoms with Crippen LogP contribution in [0.25, 0.3) is 0 Å². The molecule has 1 nitrogen and oxygen atoms in total. The van der Waals surface area contributed by atoms with Crippen molar-refractivity contribution in [3.63, 3.8) is 0 Å². The van der Waals surface area contributed by atoms with Gasteiger partial charge < -0.3 is 5.32 Å². The lowest BCUT2D eigenvalue weighted by molar-refractivity contribution is 0.298. The first-order valence-corrected chi connectivity index (χ1v) is 6.33. The second-order valence-corrected chi connectivity index (χ2v) is 5.43. The molecule has 1 heteroatoms. The van der Waals surface area contributed by atoms with Crippen molar-refractivity contribution in [3.05, 3.63) is 35.9 Å². The van der Waals surface area contributed by atoms with Crippen LogP contribution in [-0.4, -0.2) is 6.54 Å². The quantitative estimate of drug-likeness (QED) is 0.757. The van der Waals surface area contributed by atoms with Crippen LogP contribution < -0.4 is 5.32 Å². The average molecular weight is 219 g/mol. The smallest absolute Gasteiger partial charge is 0.0292 e. The molecule has 1 aromatic carbocycles. The van der Waals surface area contributed by atoms with Gasteiger partial charge in [-0.2, -0.15) is 0 Å². The third-order valence-corrected chi connectivity index (χ3v) is 3.11. The Kier molecular flexibility index (Phi) is 5.01. The summed E-state index contributed by atoms with van der Waals surface area (Å²) in [4.78, 5) is 0. The number of benzene rings is 1. The van der Waals surface area contributed by atoms with Gasteiger partial charge in [0.15, 0.2) is 0 Å². The largest absolute Gasteiger partial charge is 0.310 e. The molecule has 0 radical (unpaired) electrons. The van der Waals surface area contributed by atoms with E-state index in [-0.39, 0.29) is 0 Å². The van der Waals surface area contributed by atoms with Gasteiger partial charge in [0.25, 0.3) is 0 Å². The molecular formula is C15H25N. The maximum Gasteiger partial charge on any atom is 0.0292 e. The Labute approximate surface area is 100 Å². The van der Waals surface area contributed by atoms with Crippen molar-refractivity contribution < 1.29 is 0 Å². The Bertz CT molecular complexity index is 290. The van der Waals surface area contributed by atoms with Gasteiger partial charge in [-0.3, -0.25) is 0 Å². The first-order valence-electron chi connectivity index (χ1n) is 6.33. The molecule has 90 valence electrons. The fourth-order valence-corrected chi connectivity index (χ4v) is 2.05. The summed E-state index contributed by atoms with van der Waals surface area (Å²) in [6.45, 7) is 10.2. The number of rotatable bonds is 6. The topological polar surface area (TPSA) is 12.0 Å². The molecule has 0 aliphatic carbocycles. The molecule has 0 saturated carbocycles. The van der Waals surface area contributed by atoms with E-state index in [0.29, 0.717) is 11.5 Å². The lowest BCUT2D eigenvalue weighted by Crippen LogP contribution is -2.31. The maximum absolute atomic E-state index is 3.62. The molecule has 1 aromatic rings. The number of hydrogen-bond donors (Lipinski definition) is 1. The van der Waals surface area contributed by atoms with Crippen LogP contribution in [0.5, 0.6) is 0 Å². The van der Waals surface area contributed by atoms with Gasteiger partial charge in [0.05, 0.1) is 0 Å². The summed E-state index contributed by atoms with van der Waals surface area (Å²) >= 11 is 0. The number of nitrogens with one attached hydrogen (secondary N) is 1. The van der Waals surface area contributed by atoms with Crippen molar-refractivity contribution in [1.29, 1.82) is 0 Å². The highest BCUT2D eigenvalue weighted by atomic mass is 14.9. The van der Waals surface area contributed by atoms with E-state index >= 15 is 0 Å². The third kappa shape index (κ3) is 4.36. The van der Waals surface area contributed by atoms with Gasteiger partial charge in [-0.1, -0.05) is 57.5 Å². The molecule has 1 atom stereocenters. The Morgan fingerprint density at radius 3 is 2.38 bits per heavy atom. The maximum atomic E-state index is 3.62. The van der Waals surface area contributed by atoms with E-state index in [1.807, 2.05) is 0 Å². The highest BCUT2D eigenvalue weighted by molar-refractivity contribution is 5.18. The Morgan fingerprint density at radius 2 is 1.81 bits per heavy atom. The first kappa shape index (κ1) is 13.2. The fourth-order valence-electron chi connectivity index (χ4n) is 2.05. The van der Waals surface area contributed by atoms with Crippen molar-refractivity contribution in [2.24, 2.45) is 5.41 Å². The molecule has 0 bridgehead atoms. The van der Waals surface area contributed by atoms with Crippen LogP contribution in [0.3, 0.4) is 0 Å². The summed E-state index contributed by atoms with van der Waals surface area (Å²) in [6, 6.07) is 11.1. The van der Waals surface area contributed by atoms with Gasteiger partial charge in [-0.15, -0.1) is 0 Å². The van der Waals surface area contributed by atoms with E-state index in [2.05, 4.69) is 63.3 Å². The second-order valence-electron chi connectivity index (χ2n) is 5.43.